The first-order chi connectivity index (χ1) is 8.66. The Bertz CT molecular complexity index is 469. The van der Waals surface area contributed by atoms with Crippen LogP contribution in [0.3, 0.4) is 0 Å². The molecule has 0 fully saturated rings. The number of carbonyl (C=O) groups excluding carboxylic acids is 2. The molecule has 0 aromatic carbocycles. The van der Waals surface area contributed by atoms with E-state index in [2.05, 4.69) is 5.32 Å². The molecule has 0 aliphatic rings. The maximum absolute atomic E-state index is 11.8. The smallest absolute Gasteiger partial charge is 0.261 e. The first kappa shape index (κ1) is 13.0. The predicted octanol–water partition coefficient (Wildman–Crippen LogP) is 3.20. The van der Waals surface area contributed by atoms with E-state index >= 15 is 0 Å². The van der Waals surface area contributed by atoms with Crippen molar-refractivity contribution in [2.24, 2.45) is 0 Å². The van der Waals surface area contributed by atoms with E-state index in [1.165, 1.54) is 22.7 Å². The minimum atomic E-state index is -0.158. The average molecular weight is 279 g/mol. The van der Waals surface area contributed by atoms with Crippen LogP contribution < -0.4 is 5.32 Å². The van der Waals surface area contributed by atoms with Gasteiger partial charge in [-0.1, -0.05) is 12.1 Å². The summed E-state index contributed by atoms with van der Waals surface area (Å²) in [6, 6.07) is 7.11. The van der Waals surface area contributed by atoms with Crippen LogP contribution in [0, 0.1) is 0 Å². The Morgan fingerprint density at radius 1 is 1.17 bits per heavy atom. The molecule has 18 heavy (non-hydrogen) atoms. The highest BCUT2D eigenvalue weighted by atomic mass is 32.1. The van der Waals surface area contributed by atoms with E-state index in [9.17, 15) is 9.59 Å². The number of thiophene rings is 2. The van der Waals surface area contributed by atoms with Crippen LogP contribution in [0.4, 0.5) is 0 Å². The number of nitrogens with one attached hydrogen (secondary N) is 1. The SMILES string of the molecule is C[C@H](CC(=O)c1cccs1)NC(=O)c1cccs1. The Morgan fingerprint density at radius 2 is 1.78 bits per heavy atom. The van der Waals surface area contributed by atoms with Gasteiger partial charge in [-0.2, -0.15) is 0 Å². The van der Waals surface area contributed by atoms with Crippen LogP contribution in [0.1, 0.15) is 32.7 Å². The van der Waals surface area contributed by atoms with Gasteiger partial charge in [-0.05, 0) is 29.8 Å². The summed E-state index contributed by atoms with van der Waals surface area (Å²) in [6.45, 7) is 1.84. The van der Waals surface area contributed by atoms with E-state index in [1.807, 2.05) is 29.8 Å². The molecule has 2 aromatic rings. The molecule has 0 aliphatic heterocycles. The summed E-state index contributed by atoms with van der Waals surface area (Å²) in [5.74, 6) is -0.0412. The minimum Gasteiger partial charge on any atom is -0.348 e. The molecule has 1 atom stereocenters. The van der Waals surface area contributed by atoms with Crippen LogP contribution in [-0.2, 0) is 0 Å². The van der Waals surface area contributed by atoms with Crippen molar-refractivity contribution in [1.82, 2.24) is 5.32 Å². The maximum Gasteiger partial charge on any atom is 0.261 e. The number of amides is 1. The number of rotatable bonds is 5. The van der Waals surface area contributed by atoms with Gasteiger partial charge in [0, 0.05) is 12.5 Å². The molecule has 2 heterocycles. The third-order valence-electron chi connectivity index (χ3n) is 2.41. The predicted molar refractivity (Wildman–Crippen MR) is 74.5 cm³/mol. The van der Waals surface area contributed by atoms with Crippen molar-refractivity contribution in [3.05, 3.63) is 44.8 Å². The monoisotopic (exact) mass is 279 g/mol. The summed E-state index contributed by atoms with van der Waals surface area (Å²) in [7, 11) is 0. The molecule has 0 saturated heterocycles. The Hall–Kier alpha value is -1.46. The average Bonchev–Trinajstić information content (AvgIpc) is 3.02. The molecular formula is C13H13NO2S2. The van der Waals surface area contributed by atoms with Crippen LogP contribution in [0.2, 0.25) is 0 Å². The lowest BCUT2D eigenvalue weighted by Crippen LogP contribution is -2.33. The zero-order valence-corrected chi connectivity index (χ0v) is 11.5. The zero-order chi connectivity index (χ0) is 13.0. The number of carbonyl (C=O) groups is 2. The molecule has 5 heteroatoms. The van der Waals surface area contributed by atoms with Crippen molar-refractivity contribution in [3.63, 3.8) is 0 Å². The fraction of sp³-hybridized carbons (Fsp3) is 0.231. The van der Waals surface area contributed by atoms with Crippen molar-refractivity contribution in [3.8, 4) is 0 Å². The standard InChI is InChI=1S/C13H13NO2S2/c1-9(8-10(15)11-4-2-6-17-11)14-13(16)12-5-3-7-18-12/h2-7,9H,8H2,1H3,(H,14,16)/t9-/m1/s1. The van der Waals surface area contributed by atoms with Gasteiger partial charge in [0.15, 0.2) is 5.78 Å². The molecule has 0 bridgehead atoms. The van der Waals surface area contributed by atoms with Gasteiger partial charge >= 0.3 is 0 Å². The van der Waals surface area contributed by atoms with Gasteiger partial charge in [-0.15, -0.1) is 22.7 Å². The molecule has 94 valence electrons. The summed E-state index contributed by atoms with van der Waals surface area (Å²) in [4.78, 5) is 25.0. The Labute approximate surface area is 113 Å². The highest BCUT2D eigenvalue weighted by molar-refractivity contribution is 7.12. The Kier molecular flexibility index (Phi) is 4.28. The summed E-state index contributed by atoms with van der Waals surface area (Å²) >= 11 is 2.82. The first-order valence-corrected chi connectivity index (χ1v) is 7.34. The van der Waals surface area contributed by atoms with Crippen LogP contribution in [0.25, 0.3) is 0 Å². The molecule has 1 amide bonds. The Morgan fingerprint density at radius 3 is 2.33 bits per heavy atom. The van der Waals surface area contributed by atoms with Crippen molar-refractivity contribution in [1.29, 1.82) is 0 Å². The van der Waals surface area contributed by atoms with Gasteiger partial charge in [0.05, 0.1) is 9.75 Å². The zero-order valence-electron chi connectivity index (χ0n) is 9.88. The fourth-order valence-electron chi connectivity index (χ4n) is 1.57. The number of hydrogen-bond donors (Lipinski definition) is 1. The third-order valence-corrected chi connectivity index (χ3v) is 4.19. The van der Waals surface area contributed by atoms with Crippen molar-refractivity contribution >= 4 is 34.4 Å². The number of hydrogen-bond acceptors (Lipinski definition) is 4. The molecule has 2 rings (SSSR count). The second-order valence-corrected chi connectivity index (χ2v) is 5.85. The summed E-state index contributed by atoms with van der Waals surface area (Å²) in [6.07, 6.45) is 0.331. The normalized spacial score (nSPS) is 12.1. The highest BCUT2D eigenvalue weighted by Crippen LogP contribution is 2.13. The van der Waals surface area contributed by atoms with E-state index in [-0.39, 0.29) is 17.7 Å². The van der Waals surface area contributed by atoms with E-state index in [4.69, 9.17) is 0 Å². The summed E-state index contributed by atoms with van der Waals surface area (Å²) in [5, 5.41) is 6.57. The largest absolute Gasteiger partial charge is 0.348 e. The minimum absolute atomic E-state index is 0.0731. The topological polar surface area (TPSA) is 46.2 Å². The quantitative estimate of drug-likeness (QED) is 0.854. The molecule has 2 aromatic heterocycles. The van der Waals surface area contributed by atoms with E-state index in [0.717, 1.165) is 4.88 Å². The Balaban J connectivity index is 1.87. The van der Waals surface area contributed by atoms with Crippen molar-refractivity contribution in [2.45, 2.75) is 19.4 Å². The summed E-state index contributed by atoms with van der Waals surface area (Å²) in [5.41, 5.74) is 0. The van der Waals surface area contributed by atoms with Gasteiger partial charge in [-0.3, -0.25) is 9.59 Å². The summed E-state index contributed by atoms with van der Waals surface area (Å²) < 4.78 is 0. The van der Waals surface area contributed by atoms with Crippen LogP contribution in [0.15, 0.2) is 35.0 Å². The molecule has 0 unspecified atom stereocenters. The fourth-order valence-corrected chi connectivity index (χ4v) is 2.87. The highest BCUT2D eigenvalue weighted by Gasteiger charge is 2.15. The van der Waals surface area contributed by atoms with Crippen molar-refractivity contribution < 1.29 is 9.59 Å². The molecule has 0 spiro atoms. The van der Waals surface area contributed by atoms with Gasteiger partial charge in [0.25, 0.3) is 5.91 Å². The van der Waals surface area contributed by atoms with Gasteiger partial charge in [0.2, 0.25) is 0 Å². The second-order valence-electron chi connectivity index (χ2n) is 3.96. The lowest BCUT2D eigenvalue weighted by Gasteiger charge is -2.11. The van der Waals surface area contributed by atoms with Gasteiger partial charge < -0.3 is 5.32 Å². The molecule has 3 nitrogen and oxygen atoms in total. The van der Waals surface area contributed by atoms with E-state index in [1.54, 1.807) is 12.1 Å². The lowest BCUT2D eigenvalue weighted by atomic mass is 10.1. The maximum atomic E-state index is 11.8. The van der Waals surface area contributed by atoms with Gasteiger partial charge in [0.1, 0.15) is 0 Å². The van der Waals surface area contributed by atoms with Gasteiger partial charge in [-0.25, -0.2) is 0 Å². The molecule has 1 N–H and O–H groups in total. The van der Waals surface area contributed by atoms with E-state index in [0.29, 0.717) is 11.3 Å². The van der Waals surface area contributed by atoms with Crippen molar-refractivity contribution in [2.75, 3.05) is 0 Å². The molecule has 0 radical (unpaired) electrons. The van der Waals surface area contributed by atoms with Crippen LogP contribution in [0.5, 0.6) is 0 Å². The number of Topliss-reactive ketones (excluding diaryl/α,β-unsaturated/α-hetero) is 1. The second kappa shape index (κ2) is 5.93. The number of ketones is 1. The molecule has 0 aliphatic carbocycles. The molecule has 0 saturated carbocycles. The van der Waals surface area contributed by atoms with Crippen LogP contribution in [-0.4, -0.2) is 17.7 Å². The molecular weight excluding hydrogens is 266 g/mol. The lowest BCUT2D eigenvalue weighted by molar-refractivity contribution is 0.0922. The first-order valence-electron chi connectivity index (χ1n) is 5.58. The van der Waals surface area contributed by atoms with Crippen LogP contribution >= 0.6 is 22.7 Å². The third kappa shape index (κ3) is 3.27. The van der Waals surface area contributed by atoms with E-state index < -0.39 is 0 Å².